The summed E-state index contributed by atoms with van der Waals surface area (Å²) in [5.74, 6) is 0.694. The highest BCUT2D eigenvalue weighted by atomic mass is 79.9. The molecule has 3 aromatic rings. The molecule has 3 rings (SSSR count). The van der Waals surface area contributed by atoms with Crippen LogP contribution in [0.4, 0.5) is 5.95 Å². The maximum Gasteiger partial charge on any atom is 0.225 e. The van der Waals surface area contributed by atoms with Gasteiger partial charge in [-0.3, -0.25) is 0 Å². The van der Waals surface area contributed by atoms with Gasteiger partial charge in [-0.2, -0.15) is 0 Å². The van der Waals surface area contributed by atoms with Crippen molar-refractivity contribution in [3.63, 3.8) is 0 Å². The molecule has 2 aromatic heterocycles. The van der Waals surface area contributed by atoms with E-state index in [1.54, 1.807) is 23.1 Å². The van der Waals surface area contributed by atoms with Gasteiger partial charge in [0.2, 0.25) is 5.95 Å². The average molecular weight is 366 g/mol. The van der Waals surface area contributed by atoms with Crippen LogP contribution >= 0.6 is 39.0 Å². The predicted molar refractivity (Wildman–Crippen MR) is 89.8 cm³/mol. The fourth-order valence-electron chi connectivity index (χ4n) is 1.79. The van der Waals surface area contributed by atoms with Gasteiger partial charge < -0.3 is 5.32 Å². The minimum Gasteiger partial charge on any atom is -0.354 e. The summed E-state index contributed by atoms with van der Waals surface area (Å²) in [6.45, 7) is 2.86. The van der Waals surface area contributed by atoms with Gasteiger partial charge in [-0.25, -0.2) is 9.97 Å². The maximum absolute atomic E-state index is 4.62. The van der Waals surface area contributed by atoms with E-state index in [0.29, 0.717) is 5.95 Å². The Morgan fingerprint density at radius 3 is 3.00 bits per heavy atom. The zero-order valence-corrected chi connectivity index (χ0v) is 14.0. The number of nitrogens with one attached hydrogen (secondary N) is 1. The molecule has 0 radical (unpaired) electrons. The summed E-state index contributed by atoms with van der Waals surface area (Å²) in [5.41, 5.74) is 0. The van der Waals surface area contributed by atoms with Crippen molar-refractivity contribution < 1.29 is 0 Å². The molecule has 0 aliphatic heterocycles. The van der Waals surface area contributed by atoms with Gasteiger partial charge in [0.05, 0.1) is 0 Å². The maximum atomic E-state index is 4.62. The molecule has 0 aliphatic carbocycles. The first kappa shape index (κ1) is 13.9. The Kier molecular flexibility index (Phi) is 4.24. The molecule has 0 amide bonds. The van der Waals surface area contributed by atoms with Crippen LogP contribution in [0.25, 0.3) is 10.2 Å². The third-order valence-corrected chi connectivity index (χ3v) is 4.93. The number of fused-ring (bicyclic) bond motifs is 1. The second-order valence-corrected chi connectivity index (χ2v) is 6.95. The van der Waals surface area contributed by atoms with Crippen LogP contribution in [0.5, 0.6) is 0 Å². The van der Waals surface area contributed by atoms with Gasteiger partial charge in [0, 0.05) is 21.3 Å². The van der Waals surface area contributed by atoms with Crippen molar-refractivity contribution >= 4 is 55.2 Å². The summed E-state index contributed by atoms with van der Waals surface area (Å²) in [5, 5.41) is 7.35. The molecule has 102 valence electrons. The highest BCUT2D eigenvalue weighted by Crippen LogP contribution is 2.35. The van der Waals surface area contributed by atoms with Crippen molar-refractivity contribution in [3.05, 3.63) is 40.2 Å². The monoisotopic (exact) mass is 365 g/mol. The molecule has 0 spiro atoms. The van der Waals surface area contributed by atoms with E-state index in [0.717, 1.165) is 31.2 Å². The van der Waals surface area contributed by atoms with Crippen LogP contribution in [0.3, 0.4) is 0 Å². The van der Waals surface area contributed by atoms with Crippen LogP contribution in [0.1, 0.15) is 6.92 Å². The van der Waals surface area contributed by atoms with Gasteiger partial charge in [0.25, 0.3) is 0 Å². The first-order chi connectivity index (χ1) is 9.76. The molecule has 0 saturated heterocycles. The number of benzene rings is 1. The van der Waals surface area contributed by atoms with Crippen molar-refractivity contribution in [3.8, 4) is 0 Å². The number of thiophene rings is 1. The molecule has 0 saturated carbocycles. The Bertz CT molecular complexity index is 742. The second-order valence-electron chi connectivity index (χ2n) is 4.08. The van der Waals surface area contributed by atoms with Gasteiger partial charge >= 0.3 is 0 Å². The quantitative estimate of drug-likeness (QED) is 0.657. The molecule has 2 heterocycles. The molecular formula is C14H12BrN3S2. The summed E-state index contributed by atoms with van der Waals surface area (Å²) < 4.78 is 1.07. The molecule has 0 fully saturated rings. The lowest BCUT2D eigenvalue weighted by atomic mass is 10.4. The molecule has 20 heavy (non-hydrogen) atoms. The standard InChI is InChI=1S/C14H12BrN3S2/c1-2-16-14-17-12-11(6-7-19-12)13(18-14)20-10-5-3-4-9(15)8-10/h3-8H,2H2,1H3,(H,16,17,18). The van der Waals surface area contributed by atoms with Crippen molar-refractivity contribution in [2.45, 2.75) is 16.8 Å². The van der Waals surface area contributed by atoms with Gasteiger partial charge in [-0.1, -0.05) is 33.8 Å². The fourth-order valence-corrected chi connectivity index (χ4v) is 4.13. The zero-order chi connectivity index (χ0) is 13.9. The van der Waals surface area contributed by atoms with Crippen molar-refractivity contribution in [1.82, 2.24) is 9.97 Å². The van der Waals surface area contributed by atoms with Gasteiger partial charge in [0.15, 0.2) is 0 Å². The van der Waals surface area contributed by atoms with Crippen molar-refractivity contribution in [2.24, 2.45) is 0 Å². The third kappa shape index (κ3) is 2.97. The highest BCUT2D eigenvalue weighted by Gasteiger charge is 2.10. The molecule has 0 aliphatic rings. The normalized spacial score (nSPS) is 10.9. The number of rotatable bonds is 4. The largest absolute Gasteiger partial charge is 0.354 e. The van der Waals surface area contributed by atoms with Crippen LogP contribution in [0, 0.1) is 0 Å². The van der Waals surface area contributed by atoms with E-state index < -0.39 is 0 Å². The smallest absolute Gasteiger partial charge is 0.225 e. The summed E-state index contributed by atoms with van der Waals surface area (Å²) >= 11 is 6.80. The SMILES string of the molecule is CCNc1nc(Sc2cccc(Br)c2)c2ccsc2n1. The van der Waals surface area contributed by atoms with E-state index in [9.17, 15) is 0 Å². The topological polar surface area (TPSA) is 37.8 Å². The number of nitrogens with zero attached hydrogens (tertiary/aromatic N) is 2. The van der Waals surface area contributed by atoms with E-state index >= 15 is 0 Å². The summed E-state index contributed by atoms with van der Waals surface area (Å²) in [4.78, 5) is 11.3. The first-order valence-corrected chi connectivity index (χ1v) is 8.67. The Hall–Kier alpha value is -1.11. The van der Waals surface area contributed by atoms with Crippen molar-refractivity contribution in [1.29, 1.82) is 0 Å². The Balaban J connectivity index is 2.02. The Morgan fingerprint density at radius 1 is 1.30 bits per heavy atom. The van der Waals surface area contributed by atoms with E-state index in [4.69, 9.17) is 0 Å². The lowest BCUT2D eigenvalue weighted by molar-refractivity contribution is 1.06. The molecule has 0 bridgehead atoms. The summed E-state index contributed by atoms with van der Waals surface area (Å²) in [6.07, 6.45) is 0. The summed E-state index contributed by atoms with van der Waals surface area (Å²) in [6, 6.07) is 10.3. The number of hydrogen-bond donors (Lipinski definition) is 1. The Morgan fingerprint density at radius 2 is 2.20 bits per heavy atom. The van der Waals surface area contributed by atoms with Crippen LogP contribution < -0.4 is 5.32 Å². The predicted octanol–water partition coefficient (Wildman–Crippen LogP) is 5.04. The molecule has 6 heteroatoms. The zero-order valence-electron chi connectivity index (χ0n) is 10.8. The second kappa shape index (κ2) is 6.11. The molecule has 0 atom stereocenters. The molecule has 1 N–H and O–H groups in total. The third-order valence-electron chi connectivity index (χ3n) is 2.64. The fraction of sp³-hybridized carbons (Fsp3) is 0.143. The summed E-state index contributed by atoms with van der Waals surface area (Å²) in [7, 11) is 0. The van der Waals surface area contributed by atoms with Gasteiger partial charge in [-0.05, 0) is 36.6 Å². The molecule has 0 unspecified atom stereocenters. The van der Waals surface area contributed by atoms with E-state index in [-0.39, 0.29) is 0 Å². The van der Waals surface area contributed by atoms with Crippen LogP contribution in [-0.4, -0.2) is 16.5 Å². The highest BCUT2D eigenvalue weighted by molar-refractivity contribution is 9.10. The molecule has 3 nitrogen and oxygen atoms in total. The van der Waals surface area contributed by atoms with E-state index in [1.165, 1.54) is 0 Å². The average Bonchev–Trinajstić information content (AvgIpc) is 2.87. The minimum absolute atomic E-state index is 0.694. The van der Waals surface area contributed by atoms with E-state index in [1.807, 2.05) is 19.1 Å². The van der Waals surface area contributed by atoms with E-state index in [2.05, 4.69) is 54.8 Å². The van der Waals surface area contributed by atoms with Gasteiger partial charge in [0.1, 0.15) is 9.86 Å². The lowest BCUT2D eigenvalue weighted by Gasteiger charge is -2.06. The number of aromatic nitrogens is 2. The Labute approximate surface area is 134 Å². The van der Waals surface area contributed by atoms with Gasteiger partial charge in [-0.15, -0.1) is 11.3 Å². The minimum atomic E-state index is 0.694. The number of hydrogen-bond acceptors (Lipinski definition) is 5. The van der Waals surface area contributed by atoms with Crippen LogP contribution in [0.15, 0.2) is 50.1 Å². The number of anilines is 1. The molecule has 1 aromatic carbocycles. The van der Waals surface area contributed by atoms with Crippen LogP contribution in [0.2, 0.25) is 0 Å². The van der Waals surface area contributed by atoms with Crippen molar-refractivity contribution in [2.75, 3.05) is 11.9 Å². The lowest BCUT2D eigenvalue weighted by Crippen LogP contribution is -2.02. The molecular weight excluding hydrogens is 354 g/mol. The van der Waals surface area contributed by atoms with Crippen LogP contribution in [-0.2, 0) is 0 Å². The number of halogens is 1. The first-order valence-electron chi connectivity index (χ1n) is 6.19.